The van der Waals surface area contributed by atoms with E-state index in [1.807, 2.05) is 24.3 Å². The van der Waals surface area contributed by atoms with Crippen molar-refractivity contribution in [3.05, 3.63) is 77.6 Å². The molecule has 0 spiro atoms. The second kappa shape index (κ2) is 8.87. The van der Waals surface area contributed by atoms with Crippen LogP contribution >= 0.6 is 63.7 Å². The molecule has 2 aliphatic heterocycles. The van der Waals surface area contributed by atoms with E-state index in [1.54, 1.807) is 14.2 Å². The second-order valence-corrected chi connectivity index (χ2v) is 12.2. The SMILES string of the molecule is COc1ccc([C@@H]2[C@H](c3ccc(OC)cc3)[C@@H]3O[C@H]2C(=C(Br)Br)C3=C(Br)Br)cc1. The third kappa shape index (κ3) is 3.89. The molecule has 152 valence electrons. The van der Waals surface area contributed by atoms with Crippen LogP contribution in [0.4, 0.5) is 0 Å². The van der Waals surface area contributed by atoms with Crippen molar-refractivity contribution in [2.24, 2.45) is 0 Å². The average molecular weight is 650 g/mol. The van der Waals surface area contributed by atoms with Gasteiger partial charge in [-0.25, -0.2) is 0 Å². The minimum atomic E-state index is -0.0747. The molecule has 2 bridgehead atoms. The second-order valence-electron chi connectivity index (χ2n) is 6.92. The van der Waals surface area contributed by atoms with Crippen LogP contribution < -0.4 is 9.47 Å². The van der Waals surface area contributed by atoms with Crippen LogP contribution in [0.15, 0.2) is 66.5 Å². The molecule has 0 aromatic heterocycles. The van der Waals surface area contributed by atoms with Crippen molar-refractivity contribution in [1.29, 1.82) is 0 Å². The Kier molecular flexibility index (Phi) is 6.61. The maximum atomic E-state index is 6.57. The summed E-state index contributed by atoms with van der Waals surface area (Å²) < 4.78 is 19.1. The Morgan fingerprint density at radius 3 is 1.28 bits per heavy atom. The summed E-state index contributed by atoms with van der Waals surface area (Å²) in [7, 11) is 3.37. The van der Waals surface area contributed by atoms with Gasteiger partial charge in [0.25, 0.3) is 0 Å². The van der Waals surface area contributed by atoms with E-state index < -0.39 is 0 Å². The van der Waals surface area contributed by atoms with Crippen molar-refractivity contribution < 1.29 is 14.2 Å². The molecule has 29 heavy (non-hydrogen) atoms. The fraction of sp³-hybridized carbons (Fsp3) is 0.273. The molecule has 0 radical (unpaired) electrons. The molecule has 0 N–H and O–H groups in total. The number of ether oxygens (including phenoxy) is 3. The van der Waals surface area contributed by atoms with Crippen molar-refractivity contribution in [2.45, 2.75) is 24.0 Å². The van der Waals surface area contributed by atoms with Gasteiger partial charge in [0.15, 0.2) is 0 Å². The summed E-state index contributed by atoms with van der Waals surface area (Å²) in [4.78, 5) is 0. The lowest BCUT2D eigenvalue weighted by Crippen LogP contribution is -2.28. The van der Waals surface area contributed by atoms with Gasteiger partial charge < -0.3 is 14.2 Å². The first kappa shape index (κ1) is 21.6. The number of methoxy groups -OCH3 is 2. The zero-order valence-corrected chi connectivity index (χ0v) is 22.0. The Labute approximate surface area is 204 Å². The molecule has 2 aromatic carbocycles. The standard InChI is InChI=1S/C22H18Br4O3/c1-27-13-7-3-11(4-8-13)15-16(12-5-9-14(28-2)10-6-12)20-18(22(25)26)17(21(23)24)19(15)29-20/h3-10,15-16,19-20H,1-2H3/t15-,16+,19-,20+. The van der Waals surface area contributed by atoms with E-state index in [0.29, 0.717) is 0 Å². The van der Waals surface area contributed by atoms with E-state index in [9.17, 15) is 0 Å². The average Bonchev–Trinajstić information content (AvgIpc) is 3.30. The summed E-state index contributed by atoms with van der Waals surface area (Å²) in [6.07, 6.45) is -0.149. The Morgan fingerprint density at radius 2 is 1.00 bits per heavy atom. The maximum absolute atomic E-state index is 6.57. The van der Waals surface area contributed by atoms with Crippen LogP contribution in [-0.4, -0.2) is 26.4 Å². The third-order valence-corrected chi connectivity index (χ3v) is 7.31. The summed E-state index contributed by atoms with van der Waals surface area (Å²) >= 11 is 14.5. The Bertz CT molecular complexity index is 879. The van der Waals surface area contributed by atoms with Gasteiger partial charge in [0.2, 0.25) is 0 Å². The monoisotopic (exact) mass is 646 g/mol. The fourth-order valence-electron chi connectivity index (χ4n) is 4.34. The van der Waals surface area contributed by atoms with Gasteiger partial charge in [0, 0.05) is 23.0 Å². The van der Waals surface area contributed by atoms with Crippen LogP contribution in [0.1, 0.15) is 23.0 Å². The maximum Gasteiger partial charge on any atom is 0.118 e. The lowest BCUT2D eigenvalue weighted by atomic mass is 9.69. The van der Waals surface area contributed by atoms with Gasteiger partial charge in [0.1, 0.15) is 11.5 Å². The molecule has 3 nitrogen and oxygen atoms in total. The van der Waals surface area contributed by atoms with Crippen molar-refractivity contribution in [3.63, 3.8) is 0 Å². The molecule has 0 amide bonds. The predicted octanol–water partition coefficient (Wildman–Crippen LogP) is 7.36. The molecule has 7 heteroatoms. The van der Waals surface area contributed by atoms with Crippen LogP contribution in [0, 0.1) is 0 Å². The summed E-state index contributed by atoms with van der Waals surface area (Å²) in [5, 5.41) is 0. The van der Waals surface area contributed by atoms with Gasteiger partial charge in [0.05, 0.1) is 33.2 Å². The molecule has 2 fully saturated rings. The first-order valence-electron chi connectivity index (χ1n) is 9.00. The number of rotatable bonds is 4. The van der Waals surface area contributed by atoms with E-state index in [1.165, 1.54) is 11.1 Å². The first-order chi connectivity index (χ1) is 14.0. The summed E-state index contributed by atoms with van der Waals surface area (Å²) in [5.74, 6) is 2.03. The Morgan fingerprint density at radius 1 is 0.655 bits per heavy atom. The van der Waals surface area contributed by atoms with Crippen molar-refractivity contribution in [1.82, 2.24) is 0 Å². The highest BCUT2D eigenvalue weighted by atomic mass is 79.9. The molecular formula is C22H18Br4O3. The molecular weight excluding hydrogens is 632 g/mol. The van der Waals surface area contributed by atoms with Gasteiger partial charge in [-0.2, -0.15) is 0 Å². The topological polar surface area (TPSA) is 27.7 Å². The van der Waals surface area contributed by atoms with Crippen LogP contribution in [-0.2, 0) is 4.74 Å². The summed E-state index contributed by atoms with van der Waals surface area (Å²) in [5.41, 5.74) is 4.71. The van der Waals surface area contributed by atoms with Gasteiger partial charge in [-0.1, -0.05) is 24.3 Å². The van der Waals surface area contributed by atoms with Crippen LogP contribution in [0.5, 0.6) is 11.5 Å². The van der Waals surface area contributed by atoms with E-state index in [-0.39, 0.29) is 24.0 Å². The highest BCUT2D eigenvalue weighted by Gasteiger charge is 2.56. The van der Waals surface area contributed by atoms with Gasteiger partial charge in [-0.05, 0) is 99.1 Å². The normalized spacial score (nSPS) is 25.3. The lowest BCUT2D eigenvalue weighted by Gasteiger charge is -2.32. The summed E-state index contributed by atoms with van der Waals surface area (Å²) in [6.45, 7) is 0. The number of hydrogen-bond acceptors (Lipinski definition) is 3. The fourth-order valence-corrected chi connectivity index (χ4v) is 6.10. The molecule has 2 aromatic rings. The molecule has 4 rings (SSSR count). The van der Waals surface area contributed by atoms with E-state index in [2.05, 4.69) is 88.0 Å². The van der Waals surface area contributed by atoms with Crippen LogP contribution in [0.3, 0.4) is 0 Å². The predicted molar refractivity (Wildman–Crippen MR) is 130 cm³/mol. The zero-order valence-electron chi connectivity index (χ0n) is 15.7. The van der Waals surface area contributed by atoms with Gasteiger partial charge in [-0.3, -0.25) is 0 Å². The smallest absolute Gasteiger partial charge is 0.118 e. The highest BCUT2D eigenvalue weighted by molar-refractivity contribution is 9.28. The minimum Gasteiger partial charge on any atom is -0.497 e. The van der Waals surface area contributed by atoms with Crippen molar-refractivity contribution >= 4 is 63.7 Å². The minimum absolute atomic E-state index is 0.0747. The van der Waals surface area contributed by atoms with Gasteiger partial charge >= 0.3 is 0 Å². The van der Waals surface area contributed by atoms with Crippen LogP contribution in [0.2, 0.25) is 0 Å². The zero-order chi connectivity index (χ0) is 20.7. The quantitative estimate of drug-likeness (QED) is 0.347. The first-order valence-corrected chi connectivity index (χ1v) is 12.2. The molecule has 2 aliphatic rings. The molecule has 2 saturated heterocycles. The van der Waals surface area contributed by atoms with Crippen molar-refractivity contribution in [2.75, 3.05) is 14.2 Å². The summed E-state index contributed by atoms with van der Waals surface area (Å²) in [6, 6.07) is 16.6. The molecule has 2 heterocycles. The van der Waals surface area contributed by atoms with E-state index in [0.717, 1.165) is 29.4 Å². The third-order valence-electron chi connectivity index (χ3n) is 5.60. The molecule has 0 aliphatic carbocycles. The van der Waals surface area contributed by atoms with E-state index in [4.69, 9.17) is 14.2 Å². The highest BCUT2D eigenvalue weighted by Crippen LogP contribution is 2.61. The Hall–Kier alpha value is -0.600. The van der Waals surface area contributed by atoms with Gasteiger partial charge in [-0.15, -0.1) is 0 Å². The van der Waals surface area contributed by atoms with Crippen molar-refractivity contribution in [3.8, 4) is 11.5 Å². The van der Waals surface area contributed by atoms with E-state index >= 15 is 0 Å². The molecule has 0 saturated carbocycles. The lowest BCUT2D eigenvalue weighted by molar-refractivity contribution is 0.115. The number of fused-ring (bicyclic) bond motifs is 2. The Balaban J connectivity index is 1.85. The molecule has 0 unspecified atom stereocenters. The van der Waals surface area contributed by atoms with Crippen LogP contribution in [0.25, 0.3) is 0 Å². The number of halogens is 4. The number of hydrogen-bond donors (Lipinski definition) is 0. The number of benzene rings is 2. The largest absolute Gasteiger partial charge is 0.497 e. The molecule has 4 atom stereocenters.